The minimum absolute atomic E-state index is 0.0495. The molecule has 7 nitrogen and oxygen atoms in total. The number of ketones is 2. The number of anilines is 1. The van der Waals surface area contributed by atoms with E-state index in [2.05, 4.69) is 25.9 Å². The molecule has 3 aromatic rings. The summed E-state index contributed by atoms with van der Waals surface area (Å²) in [6.07, 6.45) is 2.98. The first kappa shape index (κ1) is 21.1. The standard InChI is InChI=1S/C22H16BrN3O4S/c1-11-20(12(2)27)31-22(25-11)26-17(14-4-3-5-15(23)10-14)16(19(29)21(26)30)18(28)13-6-8-24-9-7-13/h3-10,17,28H,1-2H3. The molecule has 0 bridgehead atoms. The molecule has 1 aliphatic heterocycles. The number of halogens is 1. The third-order valence-corrected chi connectivity index (χ3v) is 6.62. The van der Waals surface area contributed by atoms with Gasteiger partial charge in [-0.05, 0) is 36.8 Å². The first-order chi connectivity index (χ1) is 14.8. The summed E-state index contributed by atoms with van der Waals surface area (Å²) in [6.45, 7) is 3.10. The highest BCUT2D eigenvalue weighted by atomic mass is 79.9. The molecule has 1 N–H and O–H groups in total. The number of aliphatic hydroxyl groups excluding tert-OH is 1. The van der Waals surface area contributed by atoms with Crippen LogP contribution in [0.3, 0.4) is 0 Å². The van der Waals surface area contributed by atoms with Gasteiger partial charge >= 0.3 is 5.91 Å². The lowest BCUT2D eigenvalue weighted by molar-refractivity contribution is -0.132. The van der Waals surface area contributed by atoms with E-state index in [0.29, 0.717) is 21.7 Å². The molecule has 156 valence electrons. The van der Waals surface area contributed by atoms with Gasteiger partial charge in [0.15, 0.2) is 10.9 Å². The normalized spacial score (nSPS) is 17.9. The molecule has 2 aromatic heterocycles. The SMILES string of the molecule is CC(=O)c1sc(N2C(=O)C(=O)C(=C(O)c3ccncc3)C2c2cccc(Br)c2)nc1C. The van der Waals surface area contributed by atoms with E-state index in [1.54, 1.807) is 37.3 Å². The minimum Gasteiger partial charge on any atom is -0.507 e. The quantitative estimate of drug-likeness (QED) is 0.247. The number of carbonyl (C=O) groups excluding carboxylic acids is 3. The van der Waals surface area contributed by atoms with E-state index in [1.165, 1.54) is 24.2 Å². The molecule has 0 spiro atoms. The Labute approximate surface area is 190 Å². The molecule has 1 atom stereocenters. The van der Waals surface area contributed by atoms with Gasteiger partial charge in [0.1, 0.15) is 5.76 Å². The van der Waals surface area contributed by atoms with Crippen molar-refractivity contribution in [2.24, 2.45) is 0 Å². The van der Waals surface area contributed by atoms with Crippen LogP contribution < -0.4 is 4.90 Å². The number of hydrogen-bond acceptors (Lipinski definition) is 7. The van der Waals surface area contributed by atoms with Crippen LogP contribution in [0.2, 0.25) is 0 Å². The van der Waals surface area contributed by atoms with Crippen molar-refractivity contribution in [3.05, 3.63) is 80.5 Å². The number of thiazole rings is 1. The topological polar surface area (TPSA) is 100 Å². The first-order valence-electron chi connectivity index (χ1n) is 9.24. The largest absolute Gasteiger partial charge is 0.507 e. The fourth-order valence-electron chi connectivity index (χ4n) is 3.50. The molecule has 0 saturated carbocycles. The second-order valence-electron chi connectivity index (χ2n) is 6.93. The van der Waals surface area contributed by atoms with Crippen molar-refractivity contribution in [3.8, 4) is 0 Å². The van der Waals surface area contributed by atoms with Crippen molar-refractivity contribution < 1.29 is 19.5 Å². The van der Waals surface area contributed by atoms with E-state index in [-0.39, 0.29) is 22.2 Å². The third kappa shape index (κ3) is 3.70. The molecule has 1 aromatic carbocycles. The highest BCUT2D eigenvalue weighted by molar-refractivity contribution is 9.10. The number of carbonyl (C=O) groups is 3. The lowest BCUT2D eigenvalue weighted by Gasteiger charge is -2.23. The van der Waals surface area contributed by atoms with Crippen molar-refractivity contribution in [1.29, 1.82) is 0 Å². The molecule has 1 fully saturated rings. The summed E-state index contributed by atoms with van der Waals surface area (Å²) in [5.74, 6) is -2.11. The molecule has 1 saturated heterocycles. The number of aromatic nitrogens is 2. The molecule has 9 heteroatoms. The van der Waals surface area contributed by atoms with Crippen LogP contribution in [0, 0.1) is 6.92 Å². The number of aliphatic hydroxyl groups is 1. The van der Waals surface area contributed by atoms with Gasteiger partial charge in [0.25, 0.3) is 5.78 Å². The van der Waals surface area contributed by atoms with Crippen molar-refractivity contribution in [2.45, 2.75) is 19.9 Å². The van der Waals surface area contributed by atoms with Crippen molar-refractivity contribution >= 4 is 55.6 Å². The van der Waals surface area contributed by atoms with E-state index in [4.69, 9.17) is 0 Å². The van der Waals surface area contributed by atoms with Crippen LogP contribution in [0.5, 0.6) is 0 Å². The zero-order valence-electron chi connectivity index (χ0n) is 16.5. The number of nitrogens with zero attached hydrogens (tertiary/aromatic N) is 3. The number of amides is 1. The van der Waals surface area contributed by atoms with Crippen LogP contribution >= 0.6 is 27.3 Å². The Morgan fingerprint density at radius 3 is 2.52 bits per heavy atom. The predicted octanol–water partition coefficient (Wildman–Crippen LogP) is 4.44. The molecule has 1 unspecified atom stereocenters. The maximum absolute atomic E-state index is 13.1. The van der Waals surface area contributed by atoms with Crippen molar-refractivity contribution in [3.63, 3.8) is 0 Å². The summed E-state index contributed by atoms with van der Waals surface area (Å²) in [5, 5.41) is 11.2. The van der Waals surface area contributed by atoms with Crippen molar-refractivity contribution in [1.82, 2.24) is 9.97 Å². The molecular weight excluding hydrogens is 482 g/mol. The Morgan fingerprint density at radius 2 is 1.90 bits per heavy atom. The van der Waals surface area contributed by atoms with E-state index < -0.39 is 17.7 Å². The Bertz CT molecular complexity index is 1250. The molecule has 1 amide bonds. The summed E-state index contributed by atoms with van der Waals surface area (Å²) in [5.41, 5.74) is 1.41. The van der Waals surface area contributed by atoms with Gasteiger partial charge in [0, 0.05) is 29.4 Å². The highest BCUT2D eigenvalue weighted by Crippen LogP contribution is 2.44. The second-order valence-corrected chi connectivity index (χ2v) is 8.82. The summed E-state index contributed by atoms with van der Waals surface area (Å²) >= 11 is 4.47. The summed E-state index contributed by atoms with van der Waals surface area (Å²) in [7, 11) is 0. The van der Waals surface area contributed by atoms with E-state index in [0.717, 1.165) is 15.8 Å². The van der Waals surface area contributed by atoms with Gasteiger partial charge in [-0.25, -0.2) is 4.98 Å². The van der Waals surface area contributed by atoms with Crippen LogP contribution in [-0.4, -0.2) is 32.5 Å². The zero-order chi connectivity index (χ0) is 22.3. The molecule has 4 rings (SSSR count). The summed E-state index contributed by atoms with van der Waals surface area (Å²) < 4.78 is 0.749. The first-order valence-corrected chi connectivity index (χ1v) is 10.9. The van der Waals surface area contributed by atoms with Crippen molar-refractivity contribution in [2.75, 3.05) is 4.90 Å². The zero-order valence-corrected chi connectivity index (χ0v) is 18.9. The third-order valence-electron chi connectivity index (χ3n) is 4.87. The number of aryl methyl sites for hydroxylation is 1. The summed E-state index contributed by atoms with van der Waals surface area (Å²) in [6, 6.07) is 9.34. The van der Waals surface area contributed by atoms with Gasteiger partial charge < -0.3 is 5.11 Å². The molecular formula is C22H16BrN3O4S. The van der Waals surface area contributed by atoms with Gasteiger partial charge in [0.05, 0.1) is 22.2 Å². The Balaban J connectivity index is 1.96. The van der Waals surface area contributed by atoms with Gasteiger partial charge in [-0.15, -0.1) is 0 Å². The molecule has 0 aliphatic carbocycles. The maximum atomic E-state index is 13.1. The monoisotopic (exact) mass is 497 g/mol. The number of benzene rings is 1. The summed E-state index contributed by atoms with van der Waals surface area (Å²) in [4.78, 5) is 48.1. The highest BCUT2D eigenvalue weighted by Gasteiger charge is 2.48. The van der Waals surface area contributed by atoms with Crippen LogP contribution in [0.1, 0.15) is 39.5 Å². The smallest absolute Gasteiger partial charge is 0.301 e. The van der Waals surface area contributed by atoms with Crippen LogP contribution in [0.4, 0.5) is 5.13 Å². The van der Waals surface area contributed by atoms with Crippen LogP contribution in [0.15, 0.2) is 58.8 Å². The average Bonchev–Trinajstić information content (AvgIpc) is 3.26. The molecule has 0 radical (unpaired) electrons. The minimum atomic E-state index is -0.906. The fraction of sp³-hybridized carbons (Fsp3) is 0.136. The number of pyridine rings is 1. The predicted molar refractivity (Wildman–Crippen MR) is 120 cm³/mol. The molecule has 3 heterocycles. The van der Waals surface area contributed by atoms with Crippen LogP contribution in [0.25, 0.3) is 5.76 Å². The van der Waals surface area contributed by atoms with E-state index in [1.807, 2.05) is 6.07 Å². The average molecular weight is 498 g/mol. The van der Waals surface area contributed by atoms with E-state index in [9.17, 15) is 19.5 Å². The second kappa shape index (κ2) is 8.16. The Hall–Kier alpha value is -3.17. The Morgan fingerprint density at radius 1 is 1.19 bits per heavy atom. The van der Waals surface area contributed by atoms with Gasteiger partial charge in [-0.2, -0.15) is 0 Å². The Kier molecular flexibility index (Phi) is 5.55. The lowest BCUT2D eigenvalue weighted by Crippen LogP contribution is -2.29. The lowest BCUT2D eigenvalue weighted by atomic mass is 9.96. The van der Waals surface area contributed by atoms with Gasteiger partial charge in [-0.1, -0.05) is 39.4 Å². The molecule has 31 heavy (non-hydrogen) atoms. The van der Waals surface area contributed by atoms with E-state index >= 15 is 0 Å². The maximum Gasteiger partial charge on any atom is 0.301 e. The fourth-order valence-corrected chi connectivity index (χ4v) is 4.90. The number of Topliss-reactive ketones (excluding diaryl/α,β-unsaturated/α-hetero) is 2. The van der Waals surface area contributed by atoms with Gasteiger partial charge in [0.2, 0.25) is 0 Å². The van der Waals surface area contributed by atoms with Gasteiger partial charge in [-0.3, -0.25) is 24.3 Å². The number of rotatable bonds is 4. The number of hydrogen-bond donors (Lipinski definition) is 1. The molecule has 1 aliphatic rings. The van der Waals surface area contributed by atoms with Crippen LogP contribution in [-0.2, 0) is 9.59 Å².